The molecule has 0 aromatic carbocycles. The third-order valence-electron chi connectivity index (χ3n) is 5.03. The highest BCUT2D eigenvalue weighted by Crippen LogP contribution is 2.49. The third kappa shape index (κ3) is 3.23. The summed E-state index contributed by atoms with van der Waals surface area (Å²) < 4.78 is 23.7. The van der Waals surface area contributed by atoms with Gasteiger partial charge in [0.05, 0.1) is 18.5 Å². The van der Waals surface area contributed by atoms with Crippen LogP contribution in [-0.2, 0) is 14.8 Å². The van der Waals surface area contributed by atoms with Gasteiger partial charge in [0.15, 0.2) is 0 Å². The molecule has 1 aliphatic carbocycles. The quantitative estimate of drug-likeness (QED) is 0.692. The molecule has 1 aliphatic heterocycles. The smallest absolute Gasteiger partial charge is 0.223 e. The maximum atomic E-state index is 12.1. The summed E-state index contributed by atoms with van der Waals surface area (Å²) in [5, 5.41) is 19.7. The number of piperidine rings is 1. The standard InChI is InChI=1S/C13H24N2O5S/c1-14(21(2,19)20)6-3-12(18)15-7-4-13(5-8-15)10(16)9-11(13)17/h10-11,16-17H,3-9H2,1-2H3. The van der Waals surface area contributed by atoms with Crippen molar-refractivity contribution in [2.45, 2.75) is 37.9 Å². The van der Waals surface area contributed by atoms with Gasteiger partial charge in [0.25, 0.3) is 0 Å². The fourth-order valence-corrected chi connectivity index (χ4v) is 3.58. The van der Waals surface area contributed by atoms with Gasteiger partial charge >= 0.3 is 0 Å². The summed E-state index contributed by atoms with van der Waals surface area (Å²) in [6.07, 6.45) is 1.95. The molecule has 2 atom stereocenters. The first-order valence-corrected chi connectivity index (χ1v) is 9.07. The highest BCUT2D eigenvalue weighted by Gasteiger charge is 2.55. The summed E-state index contributed by atoms with van der Waals surface area (Å²) in [5.41, 5.74) is -0.430. The Hall–Kier alpha value is -0.700. The second-order valence-electron chi connectivity index (χ2n) is 6.22. The molecule has 0 aromatic heterocycles. The fourth-order valence-electron chi connectivity index (χ4n) is 3.16. The molecule has 2 unspecified atom stereocenters. The molecular weight excluding hydrogens is 296 g/mol. The van der Waals surface area contributed by atoms with Gasteiger partial charge in [-0.2, -0.15) is 0 Å². The Kier molecular flexibility index (Phi) is 4.63. The lowest BCUT2D eigenvalue weighted by Crippen LogP contribution is -2.61. The van der Waals surface area contributed by atoms with Crippen molar-refractivity contribution < 1.29 is 23.4 Å². The van der Waals surface area contributed by atoms with E-state index < -0.39 is 27.6 Å². The van der Waals surface area contributed by atoms with Crippen molar-refractivity contribution in [3.8, 4) is 0 Å². The molecule has 1 saturated carbocycles. The topological polar surface area (TPSA) is 98.2 Å². The maximum Gasteiger partial charge on any atom is 0.223 e. The molecule has 1 saturated heterocycles. The van der Waals surface area contributed by atoms with Crippen molar-refractivity contribution in [3.05, 3.63) is 0 Å². The summed E-state index contributed by atoms with van der Waals surface area (Å²) in [5.74, 6) is -0.0800. The molecule has 1 amide bonds. The number of carbonyl (C=O) groups excluding carboxylic acids is 1. The lowest BCUT2D eigenvalue weighted by atomic mass is 9.58. The van der Waals surface area contributed by atoms with Gasteiger partial charge in [-0.3, -0.25) is 4.79 Å². The van der Waals surface area contributed by atoms with E-state index in [0.29, 0.717) is 32.4 Å². The predicted octanol–water partition coefficient (Wildman–Crippen LogP) is -0.998. The van der Waals surface area contributed by atoms with Crippen LogP contribution in [0.5, 0.6) is 0 Å². The summed E-state index contributed by atoms with van der Waals surface area (Å²) in [6.45, 7) is 1.19. The van der Waals surface area contributed by atoms with Gasteiger partial charge in [0.2, 0.25) is 15.9 Å². The Balaban J connectivity index is 1.81. The molecule has 1 spiro atoms. The van der Waals surface area contributed by atoms with E-state index in [9.17, 15) is 23.4 Å². The number of hydrogen-bond acceptors (Lipinski definition) is 5. The third-order valence-corrected chi connectivity index (χ3v) is 6.34. The van der Waals surface area contributed by atoms with Crippen molar-refractivity contribution in [1.29, 1.82) is 0 Å². The van der Waals surface area contributed by atoms with E-state index >= 15 is 0 Å². The Morgan fingerprint density at radius 3 is 2.24 bits per heavy atom. The zero-order valence-electron chi connectivity index (χ0n) is 12.5. The largest absolute Gasteiger partial charge is 0.392 e. The zero-order valence-corrected chi connectivity index (χ0v) is 13.3. The Labute approximate surface area is 125 Å². The number of aliphatic hydroxyl groups excluding tert-OH is 2. The van der Waals surface area contributed by atoms with Crippen molar-refractivity contribution in [2.75, 3.05) is 32.9 Å². The number of likely N-dealkylation sites (tertiary alicyclic amines) is 1. The molecular formula is C13H24N2O5S. The highest BCUT2D eigenvalue weighted by atomic mass is 32.2. The summed E-state index contributed by atoms with van der Waals surface area (Å²) >= 11 is 0. The Morgan fingerprint density at radius 2 is 1.81 bits per heavy atom. The molecule has 2 fully saturated rings. The van der Waals surface area contributed by atoms with Crippen LogP contribution in [0.3, 0.4) is 0 Å². The van der Waals surface area contributed by atoms with Gasteiger partial charge < -0.3 is 15.1 Å². The van der Waals surface area contributed by atoms with Gasteiger partial charge in [-0.15, -0.1) is 0 Å². The zero-order chi connectivity index (χ0) is 15.8. The van der Waals surface area contributed by atoms with Crippen molar-refractivity contribution >= 4 is 15.9 Å². The molecule has 1 heterocycles. The van der Waals surface area contributed by atoms with E-state index in [1.54, 1.807) is 4.90 Å². The second-order valence-corrected chi connectivity index (χ2v) is 8.31. The van der Waals surface area contributed by atoms with E-state index in [-0.39, 0.29) is 18.9 Å². The van der Waals surface area contributed by atoms with E-state index in [2.05, 4.69) is 0 Å². The van der Waals surface area contributed by atoms with Gasteiger partial charge in [-0.05, 0) is 12.8 Å². The molecule has 2 rings (SSSR count). The number of nitrogens with zero attached hydrogens (tertiary/aromatic N) is 2. The molecule has 2 N–H and O–H groups in total. The molecule has 0 bridgehead atoms. The van der Waals surface area contributed by atoms with Crippen LogP contribution in [0.25, 0.3) is 0 Å². The number of hydrogen-bond donors (Lipinski definition) is 2. The van der Waals surface area contributed by atoms with Gasteiger partial charge in [-0.25, -0.2) is 12.7 Å². The average molecular weight is 320 g/mol. The first-order valence-electron chi connectivity index (χ1n) is 7.22. The molecule has 0 radical (unpaired) electrons. The van der Waals surface area contributed by atoms with Crippen LogP contribution in [0.4, 0.5) is 0 Å². The second kappa shape index (κ2) is 5.83. The lowest BCUT2D eigenvalue weighted by molar-refractivity contribution is -0.191. The molecule has 0 aromatic rings. The van der Waals surface area contributed by atoms with Crippen LogP contribution >= 0.6 is 0 Å². The Morgan fingerprint density at radius 1 is 1.29 bits per heavy atom. The van der Waals surface area contributed by atoms with E-state index in [1.807, 2.05) is 0 Å². The maximum absolute atomic E-state index is 12.1. The SMILES string of the molecule is CN(CCC(=O)N1CCC2(CC1)C(O)CC2O)S(C)(=O)=O. The number of amides is 1. The van der Waals surface area contributed by atoms with Gasteiger partial charge in [0.1, 0.15) is 0 Å². The first-order chi connectivity index (χ1) is 9.67. The first kappa shape index (κ1) is 16.7. The van der Waals surface area contributed by atoms with Crippen LogP contribution in [0.1, 0.15) is 25.7 Å². The van der Waals surface area contributed by atoms with E-state index in [4.69, 9.17) is 0 Å². The van der Waals surface area contributed by atoms with Crippen molar-refractivity contribution in [1.82, 2.24) is 9.21 Å². The molecule has 8 heteroatoms. The van der Waals surface area contributed by atoms with Gasteiger partial charge in [-0.1, -0.05) is 0 Å². The summed E-state index contributed by atoms with van der Waals surface area (Å²) in [4.78, 5) is 13.8. The van der Waals surface area contributed by atoms with Crippen molar-refractivity contribution in [3.63, 3.8) is 0 Å². The van der Waals surface area contributed by atoms with Crippen molar-refractivity contribution in [2.24, 2.45) is 5.41 Å². The van der Waals surface area contributed by atoms with E-state index in [1.165, 1.54) is 7.05 Å². The summed E-state index contributed by atoms with van der Waals surface area (Å²) in [7, 11) is -1.81. The number of carbonyl (C=O) groups is 1. The van der Waals surface area contributed by atoms with Crippen LogP contribution < -0.4 is 0 Å². The number of aliphatic hydroxyl groups is 2. The van der Waals surface area contributed by atoms with Crippen LogP contribution in [0, 0.1) is 5.41 Å². The minimum absolute atomic E-state index is 0.0800. The monoisotopic (exact) mass is 320 g/mol. The molecule has 122 valence electrons. The predicted molar refractivity (Wildman–Crippen MR) is 77.0 cm³/mol. The normalized spacial score (nSPS) is 28.7. The van der Waals surface area contributed by atoms with Crippen LogP contribution in [0.2, 0.25) is 0 Å². The minimum atomic E-state index is -3.26. The number of rotatable bonds is 4. The molecule has 2 aliphatic rings. The van der Waals surface area contributed by atoms with Crippen LogP contribution in [0.15, 0.2) is 0 Å². The van der Waals surface area contributed by atoms with Crippen LogP contribution in [-0.4, -0.2) is 78.9 Å². The average Bonchev–Trinajstić information content (AvgIpc) is 2.43. The number of sulfonamides is 1. The molecule has 21 heavy (non-hydrogen) atoms. The molecule has 7 nitrogen and oxygen atoms in total. The lowest BCUT2D eigenvalue weighted by Gasteiger charge is -2.55. The summed E-state index contributed by atoms with van der Waals surface area (Å²) in [6, 6.07) is 0. The fraction of sp³-hybridized carbons (Fsp3) is 0.923. The van der Waals surface area contributed by atoms with E-state index in [0.717, 1.165) is 10.6 Å². The minimum Gasteiger partial charge on any atom is -0.392 e. The highest BCUT2D eigenvalue weighted by molar-refractivity contribution is 7.88. The Bertz CT molecular complexity index is 489. The van der Waals surface area contributed by atoms with Gasteiger partial charge in [0, 0.05) is 44.9 Å².